The fourth-order valence-corrected chi connectivity index (χ4v) is 3.42. The Morgan fingerprint density at radius 2 is 1.63 bits per heavy atom. The normalized spacial score (nSPS) is 10.4. The standard InChI is InChI=1S/C25H21ClN4O5/c1-33-23-13-20-21(14-24(23)34-2)27-12-11-22(20)35-19-9-5-17(6-10-19)28-25(32)29-30(15-31)18-7-3-16(26)4-8-18/h3-15H,1-2H3,(H2,28,29,32). The van der Waals surface area contributed by atoms with Crippen molar-refractivity contribution in [2.24, 2.45) is 0 Å². The fourth-order valence-electron chi connectivity index (χ4n) is 3.29. The highest BCUT2D eigenvalue weighted by Gasteiger charge is 2.12. The molecule has 0 saturated heterocycles. The van der Waals surface area contributed by atoms with Gasteiger partial charge in [-0.15, -0.1) is 0 Å². The van der Waals surface area contributed by atoms with Crippen LogP contribution in [0, 0.1) is 0 Å². The molecule has 0 spiro atoms. The van der Waals surface area contributed by atoms with Crippen LogP contribution >= 0.6 is 11.6 Å². The van der Waals surface area contributed by atoms with Crippen molar-refractivity contribution in [3.63, 3.8) is 0 Å². The van der Waals surface area contributed by atoms with Crippen LogP contribution in [0.2, 0.25) is 5.02 Å². The average molecular weight is 493 g/mol. The number of aromatic nitrogens is 1. The number of pyridine rings is 1. The third-order valence-corrected chi connectivity index (χ3v) is 5.23. The summed E-state index contributed by atoms with van der Waals surface area (Å²) < 4.78 is 16.8. The van der Waals surface area contributed by atoms with Crippen LogP contribution in [-0.4, -0.2) is 31.6 Å². The molecule has 178 valence electrons. The molecule has 3 amide bonds. The van der Waals surface area contributed by atoms with Gasteiger partial charge in [0.1, 0.15) is 11.5 Å². The summed E-state index contributed by atoms with van der Waals surface area (Å²) in [5, 5.41) is 4.98. The topological polar surface area (TPSA) is 102 Å². The van der Waals surface area contributed by atoms with Crippen LogP contribution in [-0.2, 0) is 4.79 Å². The fraction of sp³-hybridized carbons (Fsp3) is 0.0800. The molecule has 0 aliphatic carbocycles. The monoisotopic (exact) mass is 492 g/mol. The van der Waals surface area contributed by atoms with Crippen molar-refractivity contribution in [1.82, 2.24) is 10.4 Å². The number of anilines is 2. The summed E-state index contributed by atoms with van der Waals surface area (Å²) >= 11 is 5.86. The van der Waals surface area contributed by atoms with Gasteiger partial charge in [-0.2, -0.15) is 0 Å². The number of carbonyl (C=O) groups excluding carboxylic acids is 2. The first kappa shape index (κ1) is 23.7. The quantitative estimate of drug-likeness (QED) is 0.252. The van der Waals surface area contributed by atoms with Crippen molar-refractivity contribution in [1.29, 1.82) is 0 Å². The highest BCUT2D eigenvalue weighted by molar-refractivity contribution is 6.30. The van der Waals surface area contributed by atoms with E-state index in [1.807, 2.05) is 0 Å². The van der Waals surface area contributed by atoms with Crippen molar-refractivity contribution in [3.05, 3.63) is 77.9 Å². The predicted octanol–water partition coefficient (Wildman–Crippen LogP) is 5.40. The van der Waals surface area contributed by atoms with Gasteiger partial charge in [0.25, 0.3) is 0 Å². The van der Waals surface area contributed by atoms with Crippen molar-refractivity contribution < 1.29 is 23.8 Å². The maximum absolute atomic E-state index is 12.3. The Labute approximate surface area is 206 Å². The molecule has 0 bridgehead atoms. The number of fused-ring (bicyclic) bond motifs is 1. The minimum absolute atomic E-state index is 0.460. The summed E-state index contributed by atoms with van der Waals surface area (Å²) in [7, 11) is 3.13. The lowest BCUT2D eigenvalue weighted by Gasteiger charge is -2.19. The van der Waals surface area contributed by atoms with E-state index in [4.69, 9.17) is 25.8 Å². The van der Waals surface area contributed by atoms with Crippen LogP contribution in [0.15, 0.2) is 72.9 Å². The Morgan fingerprint density at radius 1 is 0.943 bits per heavy atom. The number of hydrogen-bond donors (Lipinski definition) is 2. The van der Waals surface area contributed by atoms with Gasteiger partial charge in [-0.25, -0.2) is 15.2 Å². The number of ether oxygens (including phenoxy) is 3. The van der Waals surface area contributed by atoms with Gasteiger partial charge in [0.05, 0.1) is 25.4 Å². The highest BCUT2D eigenvalue weighted by atomic mass is 35.5. The third kappa shape index (κ3) is 5.53. The van der Waals surface area contributed by atoms with Crippen LogP contribution in [0.4, 0.5) is 16.2 Å². The third-order valence-electron chi connectivity index (χ3n) is 4.98. The molecule has 10 heteroatoms. The lowest BCUT2D eigenvalue weighted by molar-refractivity contribution is -0.107. The van der Waals surface area contributed by atoms with Crippen LogP contribution in [0.3, 0.4) is 0 Å². The Bertz CT molecular complexity index is 1350. The van der Waals surface area contributed by atoms with Crippen molar-refractivity contribution in [2.75, 3.05) is 24.5 Å². The largest absolute Gasteiger partial charge is 0.493 e. The van der Waals surface area contributed by atoms with Gasteiger partial charge < -0.3 is 19.5 Å². The van der Waals surface area contributed by atoms with E-state index in [1.54, 1.807) is 87.1 Å². The lowest BCUT2D eigenvalue weighted by atomic mass is 10.2. The smallest absolute Gasteiger partial charge is 0.338 e. The molecule has 3 aromatic carbocycles. The molecule has 4 aromatic rings. The van der Waals surface area contributed by atoms with Gasteiger partial charge in [0.2, 0.25) is 6.41 Å². The van der Waals surface area contributed by atoms with Gasteiger partial charge in [0, 0.05) is 28.4 Å². The van der Waals surface area contributed by atoms with E-state index in [-0.39, 0.29) is 0 Å². The first-order valence-electron chi connectivity index (χ1n) is 10.4. The number of carbonyl (C=O) groups is 2. The molecule has 2 N–H and O–H groups in total. The summed E-state index contributed by atoms with van der Waals surface area (Å²) in [4.78, 5) is 28.1. The number of hydrogen-bond acceptors (Lipinski definition) is 6. The van der Waals surface area contributed by atoms with Gasteiger partial charge >= 0.3 is 6.03 Å². The van der Waals surface area contributed by atoms with E-state index in [0.717, 1.165) is 10.4 Å². The van der Waals surface area contributed by atoms with Gasteiger partial charge in [-0.1, -0.05) is 11.6 Å². The first-order valence-corrected chi connectivity index (χ1v) is 10.7. The van der Waals surface area contributed by atoms with E-state index < -0.39 is 6.03 Å². The number of urea groups is 1. The molecule has 0 radical (unpaired) electrons. The lowest BCUT2D eigenvalue weighted by Crippen LogP contribution is -2.43. The molecular weight excluding hydrogens is 472 g/mol. The molecule has 9 nitrogen and oxygen atoms in total. The zero-order valence-electron chi connectivity index (χ0n) is 18.8. The number of amides is 3. The van der Waals surface area contributed by atoms with Gasteiger partial charge in [0.15, 0.2) is 11.5 Å². The Balaban J connectivity index is 1.44. The van der Waals surface area contributed by atoms with E-state index in [0.29, 0.717) is 51.3 Å². The van der Waals surface area contributed by atoms with Crippen LogP contribution in [0.5, 0.6) is 23.0 Å². The maximum atomic E-state index is 12.3. The predicted molar refractivity (Wildman–Crippen MR) is 134 cm³/mol. The Kier molecular flexibility index (Phi) is 7.18. The SMILES string of the molecule is COc1cc2nccc(Oc3ccc(NC(=O)NN(C=O)c4ccc(Cl)cc4)cc3)c2cc1OC. The molecule has 0 atom stereocenters. The van der Waals surface area contributed by atoms with Gasteiger partial charge in [-0.3, -0.25) is 9.78 Å². The number of rotatable bonds is 8. The summed E-state index contributed by atoms with van der Waals surface area (Å²) in [6.45, 7) is 0. The van der Waals surface area contributed by atoms with E-state index >= 15 is 0 Å². The second-order valence-corrected chi connectivity index (χ2v) is 7.61. The number of halogens is 1. The summed E-state index contributed by atoms with van der Waals surface area (Å²) in [6, 6.07) is 17.9. The van der Waals surface area contributed by atoms with Crippen molar-refractivity contribution >= 4 is 46.3 Å². The zero-order valence-corrected chi connectivity index (χ0v) is 19.6. The molecule has 0 fully saturated rings. The van der Waals surface area contributed by atoms with E-state index in [9.17, 15) is 9.59 Å². The molecule has 0 aliphatic rings. The average Bonchev–Trinajstić information content (AvgIpc) is 2.88. The number of methoxy groups -OCH3 is 2. The van der Waals surface area contributed by atoms with E-state index in [2.05, 4.69) is 15.7 Å². The molecule has 35 heavy (non-hydrogen) atoms. The second-order valence-electron chi connectivity index (χ2n) is 7.18. The molecule has 0 unspecified atom stereocenters. The number of nitrogens with zero attached hydrogens (tertiary/aromatic N) is 2. The molecule has 1 aromatic heterocycles. The maximum Gasteiger partial charge on any atom is 0.338 e. The van der Waals surface area contributed by atoms with E-state index in [1.165, 1.54) is 0 Å². The number of hydrazine groups is 1. The molecule has 1 heterocycles. The second kappa shape index (κ2) is 10.6. The molecular formula is C25H21ClN4O5. The zero-order chi connectivity index (χ0) is 24.8. The first-order chi connectivity index (χ1) is 17.0. The number of nitrogens with one attached hydrogen (secondary N) is 2. The van der Waals surface area contributed by atoms with Crippen molar-refractivity contribution in [2.45, 2.75) is 0 Å². The van der Waals surface area contributed by atoms with Crippen LogP contribution in [0.1, 0.15) is 0 Å². The van der Waals surface area contributed by atoms with Gasteiger partial charge in [-0.05, 0) is 60.7 Å². The number of benzene rings is 3. The van der Waals surface area contributed by atoms with Crippen molar-refractivity contribution in [3.8, 4) is 23.0 Å². The Hall–Kier alpha value is -4.50. The molecule has 4 rings (SSSR count). The minimum atomic E-state index is -0.595. The summed E-state index contributed by atoms with van der Waals surface area (Å²) in [6.07, 6.45) is 2.13. The summed E-state index contributed by atoms with van der Waals surface area (Å²) in [5.74, 6) is 2.27. The summed E-state index contributed by atoms with van der Waals surface area (Å²) in [5.41, 5.74) is 4.11. The van der Waals surface area contributed by atoms with Crippen LogP contribution in [0.25, 0.3) is 10.9 Å². The minimum Gasteiger partial charge on any atom is -0.493 e. The van der Waals surface area contributed by atoms with Crippen LogP contribution < -0.4 is 30.0 Å². The Morgan fingerprint density at radius 3 is 2.29 bits per heavy atom. The molecule has 0 aliphatic heterocycles. The highest BCUT2D eigenvalue weighted by Crippen LogP contribution is 2.37. The molecule has 0 saturated carbocycles.